The van der Waals surface area contributed by atoms with Crippen molar-refractivity contribution in [2.75, 3.05) is 0 Å². The minimum absolute atomic E-state index is 0.00261. The topological polar surface area (TPSA) is 63.6 Å². The van der Waals surface area contributed by atoms with E-state index >= 15 is 0 Å². The number of unbranched alkanes of at least 4 members (excludes halogenated alkanes) is 13. The molecule has 0 rings (SSSR count). The summed E-state index contributed by atoms with van der Waals surface area (Å²) in [6.07, 6.45) is 48.0. The van der Waals surface area contributed by atoms with Crippen molar-refractivity contribution in [3.63, 3.8) is 0 Å². The zero-order valence-corrected chi connectivity index (χ0v) is 28.7. The number of aliphatic carboxylic acids is 1. The fourth-order valence-electron chi connectivity index (χ4n) is 5.06. The summed E-state index contributed by atoms with van der Waals surface area (Å²) in [5.41, 5.74) is 0. The summed E-state index contributed by atoms with van der Waals surface area (Å²) in [5.74, 6) is -0.752. The molecule has 252 valence electrons. The molecule has 1 atom stereocenters. The number of ether oxygens (including phenoxy) is 1. The van der Waals surface area contributed by atoms with E-state index in [1.807, 2.05) is 0 Å². The largest absolute Gasteiger partial charge is 0.481 e. The molecule has 0 aromatic heterocycles. The Morgan fingerprint density at radius 3 is 1.57 bits per heavy atom. The number of carboxylic acid groups (broad SMARTS) is 1. The van der Waals surface area contributed by atoms with E-state index in [0.29, 0.717) is 6.42 Å². The first-order chi connectivity index (χ1) is 21.6. The van der Waals surface area contributed by atoms with Gasteiger partial charge in [-0.1, -0.05) is 126 Å². The van der Waals surface area contributed by atoms with E-state index in [-0.39, 0.29) is 18.5 Å². The first-order valence-electron chi connectivity index (χ1n) is 18.3. The minimum Gasteiger partial charge on any atom is -0.481 e. The molecule has 0 bridgehead atoms. The SMILES string of the molecule is CC/C=C\C/C=C\C/C=C\CCCCCCCC(=O)OC(CCC/C=C\C/C=C\CCCCC)CCCCCCCC(=O)O. The fraction of sp³-hybridized carbons (Fsp3) is 0.700. The van der Waals surface area contributed by atoms with Gasteiger partial charge < -0.3 is 9.84 Å². The number of esters is 1. The number of hydrogen-bond acceptors (Lipinski definition) is 3. The lowest BCUT2D eigenvalue weighted by Crippen LogP contribution is -2.18. The Labute approximate surface area is 272 Å². The molecule has 0 amide bonds. The molecule has 1 N–H and O–H groups in total. The molecule has 0 radical (unpaired) electrons. The second-order valence-electron chi connectivity index (χ2n) is 12.0. The first kappa shape index (κ1) is 41.6. The molecule has 0 aliphatic rings. The van der Waals surface area contributed by atoms with Crippen LogP contribution in [0.2, 0.25) is 0 Å². The molecule has 0 spiro atoms. The third kappa shape index (κ3) is 34.1. The quantitative estimate of drug-likeness (QED) is 0.0466. The summed E-state index contributed by atoms with van der Waals surface area (Å²) < 4.78 is 5.95. The highest BCUT2D eigenvalue weighted by Crippen LogP contribution is 2.17. The number of carbonyl (C=O) groups is 2. The van der Waals surface area contributed by atoms with Crippen LogP contribution in [0.25, 0.3) is 0 Å². The third-order valence-electron chi connectivity index (χ3n) is 7.72. The van der Waals surface area contributed by atoms with Crippen LogP contribution in [-0.2, 0) is 14.3 Å². The van der Waals surface area contributed by atoms with Gasteiger partial charge in [0.05, 0.1) is 0 Å². The molecule has 0 saturated carbocycles. The maximum absolute atomic E-state index is 12.6. The van der Waals surface area contributed by atoms with Crippen molar-refractivity contribution in [3.05, 3.63) is 60.8 Å². The van der Waals surface area contributed by atoms with Gasteiger partial charge in [-0.25, -0.2) is 0 Å². The Morgan fingerprint density at radius 2 is 0.977 bits per heavy atom. The van der Waals surface area contributed by atoms with Crippen molar-refractivity contribution in [1.82, 2.24) is 0 Å². The van der Waals surface area contributed by atoms with Crippen molar-refractivity contribution in [1.29, 1.82) is 0 Å². The van der Waals surface area contributed by atoms with Gasteiger partial charge in [-0.15, -0.1) is 0 Å². The molecule has 0 saturated heterocycles. The van der Waals surface area contributed by atoms with E-state index in [0.717, 1.165) is 103 Å². The lowest BCUT2D eigenvalue weighted by molar-refractivity contribution is -0.150. The normalized spacial score (nSPS) is 13.0. The number of carbonyl (C=O) groups excluding carboxylic acids is 1. The molecule has 44 heavy (non-hydrogen) atoms. The zero-order valence-electron chi connectivity index (χ0n) is 28.7. The van der Waals surface area contributed by atoms with Gasteiger partial charge in [0, 0.05) is 12.8 Å². The highest BCUT2D eigenvalue weighted by molar-refractivity contribution is 5.69. The molecular weight excluding hydrogens is 544 g/mol. The van der Waals surface area contributed by atoms with Crippen LogP contribution in [0.3, 0.4) is 0 Å². The fourth-order valence-corrected chi connectivity index (χ4v) is 5.06. The molecule has 0 fully saturated rings. The van der Waals surface area contributed by atoms with Gasteiger partial charge in [-0.05, 0) is 96.3 Å². The van der Waals surface area contributed by atoms with Gasteiger partial charge in [0.15, 0.2) is 0 Å². The van der Waals surface area contributed by atoms with E-state index in [1.54, 1.807) is 0 Å². The van der Waals surface area contributed by atoms with E-state index in [4.69, 9.17) is 9.84 Å². The van der Waals surface area contributed by atoms with E-state index in [1.165, 1.54) is 44.9 Å². The van der Waals surface area contributed by atoms with Crippen LogP contribution in [0.5, 0.6) is 0 Å². The highest BCUT2D eigenvalue weighted by Gasteiger charge is 2.14. The number of allylic oxidation sites excluding steroid dienone is 10. The standard InChI is InChI=1S/C40H68O4/c1-3-5-7-9-11-13-15-16-17-18-20-22-24-29-33-37-40(43)44-38(35-31-27-25-28-32-36-39(41)42)34-30-26-23-21-19-14-12-10-8-6-4-2/h5,7,11-14,16-17,21,23,38H,3-4,6,8-10,15,18-20,22,24-37H2,1-2H3,(H,41,42)/b7-5-,13-11-,14-12-,17-16-,23-21-. The van der Waals surface area contributed by atoms with Crippen LogP contribution >= 0.6 is 0 Å². The Bertz CT molecular complexity index is 789. The van der Waals surface area contributed by atoms with E-state index in [2.05, 4.69) is 74.6 Å². The van der Waals surface area contributed by atoms with Crippen molar-refractivity contribution in [3.8, 4) is 0 Å². The average molecular weight is 613 g/mol. The monoisotopic (exact) mass is 613 g/mol. The molecule has 0 aliphatic carbocycles. The summed E-state index contributed by atoms with van der Waals surface area (Å²) in [6.45, 7) is 4.40. The Hall–Kier alpha value is -2.36. The summed E-state index contributed by atoms with van der Waals surface area (Å²) in [4.78, 5) is 23.3. The summed E-state index contributed by atoms with van der Waals surface area (Å²) in [5, 5.41) is 8.80. The molecule has 4 heteroatoms. The zero-order chi connectivity index (χ0) is 32.2. The maximum atomic E-state index is 12.6. The van der Waals surface area contributed by atoms with Gasteiger partial charge >= 0.3 is 11.9 Å². The molecular formula is C40H68O4. The molecule has 4 nitrogen and oxygen atoms in total. The summed E-state index contributed by atoms with van der Waals surface area (Å²) >= 11 is 0. The van der Waals surface area contributed by atoms with Crippen LogP contribution in [0, 0.1) is 0 Å². The summed E-state index contributed by atoms with van der Waals surface area (Å²) in [7, 11) is 0. The summed E-state index contributed by atoms with van der Waals surface area (Å²) in [6, 6.07) is 0. The van der Waals surface area contributed by atoms with Crippen LogP contribution in [-0.4, -0.2) is 23.1 Å². The van der Waals surface area contributed by atoms with Crippen molar-refractivity contribution in [2.24, 2.45) is 0 Å². The minimum atomic E-state index is -0.712. The van der Waals surface area contributed by atoms with Gasteiger partial charge in [-0.3, -0.25) is 9.59 Å². The lowest BCUT2D eigenvalue weighted by Gasteiger charge is -2.18. The van der Waals surface area contributed by atoms with Gasteiger partial charge in [0.25, 0.3) is 0 Å². The predicted octanol–water partition coefficient (Wildman–Crippen LogP) is 12.6. The Morgan fingerprint density at radius 1 is 0.523 bits per heavy atom. The first-order valence-corrected chi connectivity index (χ1v) is 18.3. The molecule has 0 aromatic rings. The molecule has 0 aliphatic heterocycles. The average Bonchev–Trinajstić information content (AvgIpc) is 3.00. The van der Waals surface area contributed by atoms with Crippen molar-refractivity contribution < 1.29 is 19.4 Å². The van der Waals surface area contributed by atoms with Crippen LogP contribution in [0.4, 0.5) is 0 Å². The Kier molecular flexibility index (Phi) is 33.2. The van der Waals surface area contributed by atoms with Gasteiger partial charge in [-0.2, -0.15) is 0 Å². The molecule has 0 aromatic carbocycles. The van der Waals surface area contributed by atoms with E-state index in [9.17, 15) is 9.59 Å². The second-order valence-corrected chi connectivity index (χ2v) is 12.0. The van der Waals surface area contributed by atoms with Gasteiger partial charge in [0.2, 0.25) is 0 Å². The molecule has 0 heterocycles. The Balaban J connectivity index is 4.17. The number of rotatable bonds is 32. The lowest BCUT2D eigenvalue weighted by atomic mass is 10.0. The van der Waals surface area contributed by atoms with Crippen LogP contribution in [0.15, 0.2) is 60.8 Å². The van der Waals surface area contributed by atoms with E-state index < -0.39 is 5.97 Å². The smallest absolute Gasteiger partial charge is 0.306 e. The van der Waals surface area contributed by atoms with Gasteiger partial charge in [0.1, 0.15) is 6.10 Å². The molecule has 1 unspecified atom stereocenters. The van der Waals surface area contributed by atoms with Crippen molar-refractivity contribution in [2.45, 2.75) is 180 Å². The predicted molar refractivity (Wildman–Crippen MR) is 190 cm³/mol. The third-order valence-corrected chi connectivity index (χ3v) is 7.72. The number of carboxylic acids is 1. The number of hydrogen-bond donors (Lipinski definition) is 1. The van der Waals surface area contributed by atoms with Crippen LogP contribution in [0.1, 0.15) is 174 Å². The second kappa shape index (κ2) is 35.1. The van der Waals surface area contributed by atoms with Crippen molar-refractivity contribution >= 4 is 11.9 Å². The van der Waals surface area contributed by atoms with Crippen LogP contribution < -0.4 is 0 Å². The highest BCUT2D eigenvalue weighted by atomic mass is 16.5. The maximum Gasteiger partial charge on any atom is 0.306 e.